The summed E-state index contributed by atoms with van der Waals surface area (Å²) in [5.74, 6) is 0.597. The Labute approximate surface area is 147 Å². The molecule has 6 heteroatoms. The number of rotatable bonds is 6. The summed E-state index contributed by atoms with van der Waals surface area (Å²) in [6.45, 7) is 4.95. The van der Waals surface area contributed by atoms with Gasteiger partial charge in [0, 0.05) is 6.54 Å². The topological polar surface area (TPSA) is 58.1 Å². The molecule has 2 heterocycles. The zero-order valence-electron chi connectivity index (χ0n) is 14.1. The van der Waals surface area contributed by atoms with E-state index in [1.807, 2.05) is 0 Å². The van der Waals surface area contributed by atoms with Crippen molar-refractivity contribution in [1.82, 2.24) is 20.4 Å². The fraction of sp³-hybridized carbons (Fsp3) is 0.500. The fourth-order valence-electron chi connectivity index (χ4n) is 3.13. The summed E-state index contributed by atoms with van der Waals surface area (Å²) < 4.78 is 0. The van der Waals surface area contributed by atoms with E-state index >= 15 is 0 Å². The minimum Gasteiger partial charge on any atom is -0.348 e. The molecule has 0 aliphatic carbocycles. The molecule has 24 heavy (non-hydrogen) atoms. The Hall–Kier alpha value is -1.79. The van der Waals surface area contributed by atoms with Crippen LogP contribution in [-0.4, -0.2) is 40.6 Å². The maximum Gasteiger partial charge on any atom is 0.234 e. The standard InChI is InChI=1S/C18H24N4OS/c1-2-17-20-21-18(24-17)11-19-16(23)13-22-10-6-9-15(12-22)14-7-4-3-5-8-14/h3-5,7-8,15H,2,6,9-13H2,1H3,(H,19,23)/t15-/m1/s1. The highest BCUT2D eigenvalue weighted by molar-refractivity contribution is 7.11. The van der Waals surface area contributed by atoms with Crippen molar-refractivity contribution in [1.29, 1.82) is 0 Å². The summed E-state index contributed by atoms with van der Waals surface area (Å²) in [7, 11) is 0. The van der Waals surface area contributed by atoms with Gasteiger partial charge in [-0.05, 0) is 37.3 Å². The second-order valence-electron chi connectivity index (χ2n) is 6.20. The first-order valence-corrected chi connectivity index (χ1v) is 9.41. The molecule has 0 saturated carbocycles. The van der Waals surface area contributed by atoms with Crippen LogP contribution < -0.4 is 5.32 Å². The fourth-order valence-corrected chi connectivity index (χ4v) is 3.86. The quantitative estimate of drug-likeness (QED) is 0.875. The molecular weight excluding hydrogens is 320 g/mol. The van der Waals surface area contributed by atoms with Crippen molar-refractivity contribution in [2.24, 2.45) is 0 Å². The molecule has 128 valence electrons. The number of carbonyl (C=O) groups is 1. The lowest BCUT2D eigenvalue weighted by Gasteiger charge is -2.32. The van der Waals surface area contributed by atoms with Gasteiger partial charge >= 0.3 is 0 Å². The van der Waals surface area contributed by atoms with Crippen molar-refractivity contribution >= 4 is 17.2 Å². The molecule has 0 spiro atoms. The third-order valence-corrected chi connectivity index (χ3v) is 5.46. The molecule has 3 rings (SSSR count). The van der Waals surface area contributed by atoms with Crippen molar-refractivity contribution in [3.8, 4) is 0 Å². The van der Waals surface area contributed by atoms with Crippen LogP contribution in [0, 0.1) is 0 Å². The van der Waals surface area contributed by atoms with E-state index in [4.69, 9.17) is 0 Å². The number of benzene rings is 1. The van der Waals surface area contributed by atoms with Gasteiger partial charge in [0.15, 0.2) is 0 Å². The van der Waals surface area contributed by atoms with Crippen molar-refractivity contribution < 1.29 is 4.79 Å². The number of piperidine rings is 1. The number of hydrogen-bond acceptors (Lipinski definition) is 5. The third-order valence-electron chi connectivity index (χ3n) is 4.39. The van der Waals surface area contributed by atoms with Crippen LogP contribution in [0.5, 0.6) is 0 Å². The lowest BCUT2D eigenvalue weighted by atomic mass is 9.91. The molecule has 2 aromatic rings. The number of nitrogens with one attached hydrogen (secondary N) is 1. The highest BCUT2D eigenvalue weighted by Gasteiger charge is 2.22. The highest BCUT2D eigenvalue weighted by Crippen LogP contribution is 2.26. The Morgan fingerprint density at radius 1 is 1.29 bits per heavy atom. The van der Waals surface area contributed by atoms with Crippen LogP contribution in [0.25, 0.3) is 0 Å². The molecule has 1 aromatic heterocycles. The largest absolute Gasteiger partial charge is 0.348 e. The van der Waals surface area contributed by atoms with Gasteiger partial charge < -0.3 is 5.32 Å². The first-order chi connectivity index (χ1) is 11.7. The van der Waals surface area contributed by atoms with Crippen LogP contribution >= 0.6 is 11.3 Å². The van der Waals surface area contributed by atoms with E-state index in [0.29, 0.717) is 19.0 Å². The molecule has 1 aromatic carbocycles. The van der Waals surface area contributed by atoms with Gasteiger partial charge in [-0.2, -0.15) is 0 Å². The molecular formula is C18H24N4OS. The van der Waals surface area contributed by atoms with E-state index in [1.165, 1.54) is 12.0 Å². The summed E-state index contributed by atoms with van der Waals surface area (Å²) in [6, 6.07) is 10.6. The maximum atomic E-state index is 12.2. The summed E-state index contributed by atoms with van der Waals surface area (Å²) in [4.78, 5) is 14.5. The van der Waals surface area contributed by atoms with Gasteiger partial charge in [-0.25, -0.2) is 0 Å². The molecule has 5 nitrogen and oxygen atoms in total. The minimum absolute atomic E-state index is 0.0666. The highest BCUT2D eigenvalue weighted by atomic mass is 32.1. The van der Waals surface area contributed by atoms with Crippen LogP contribution in [0.3, 0.4) is 0 Å². The molecule has 1 N–H and O–H groups in total. The predicted molar refractivity (Wildman–Crippen MR) is 96.0 cm³/mol. The third kappa shape index (κ3) is 4.61. The first-order valence-electron chi connectivity index (χ1n) is 8.60. The minimum atomic E-state index is 0.0666. The lowest BCUT2D eigenvalue weighted by Crippen LogP contribution is -2.41. The molecule has 0 unspecified atom stereocenters. The number of carbonyl (C=O) groups excluding carboxylic acids is 1. The van der Waals surface area contributed by atoms with Gasteiger partial charge in [-0.1, -0.05) is 48.6 Å². The summed E-state index contributed by atoms with van der Waals surface area (Å²) in [5.41, 5.74) is 1.38. The second kappa shape index (κ2) is 8.35. The van der Waals surface area contributed by atoms with Gasteiger partial charge in [0.25, 0.3) is 0 Å². The average molecular weight is 344 g/mol. The van der Waals surface area contributed by atoms with Crippen LogP contribution in [-0.2, 0) is 17.8 Å². The Kier molecular flexibility index (Phi) is 5.93. The van der Waals surface area contributed by atoms with E-state index in [-0.39, 0.29) is 5.91 Å². The smallest absolute Gasteiger partial charge is 0.234 e. The van der Waals surface area contributed by atoms with E-state index in [0.717, 1.165) is 35.9 Å². The van der Waals surface area contributed by atoms with Crippen LogP contribution in [0.2, 0.25) is 0 Å². The van der Waals surface area contributed by atoms with E-state index in [1.54, 1.807) is 11.3 Å². The molecule has 1 fully saturated rings. The lowest BCUT2D eigenvalue weighted by molar-refractivity contribution is -0.122. The molecule has 1 saturated heterocycles. The number of hydrogen-bond donors (Lipinski definition) is 1. The van der Waals surface area contributed by atoms with Crippen LogP contribution in [0.15, 0.2) is 30.3 Å². The average Bonchev–Trinajstić information content (AvgIpc) is 3.09. The number of nitrogens with zero attached hydrogens (tertiary/aromatic N) is 3. The Morgan fingerprint density at radius 2 is 2.08 bits per heavy atom. The van der Waals surface area contributed by atoms with Crippen LogP contribution in [0.4, 0.5) is 0 Å². The predicted octanol–water partition coefficient (Wildman–Crippen LogP) is 2.60. The van der Waals surface area contributed by atoms with E-state index in [2.05, 4.69) is 57.7 Å². The summed E-state index contributed by atoms with van der Waals surface area (Å²) in [5, 5.41) is 13.0. The van der Waals surface area contributed by atoms with Gasteiger partial charge in [0.2, 0.25) is 5.91 Å². The van der Waals surface area contributed by atoms with Crippen molar-refractivity contribution in [2.45, 2.75) is 38.6 Å². The van der Waals surface area contributed by atoms with E-state index in [9.17, 15) is 4.79 Å². The van der Waals surface area contributed by atoms with Gasteiger partial charge in [0.05, 0.1) is 13.1 Å². The number of likely N-dealkylation sites (tertiary alicyclic amines) is 1. The maximum absolute atomic E-state index is 12.2. The number of aromatic nitrogens is 2. The Bertz CT molecular complexity index is 658. The SMILES string of the molecule is CCc1nnc(CNC(=O)CN2CCC[C@@H](c3ccccc3)C2)s1. The van der Waals surface area contributed by atoms with Gasteiger partial charge in [0.1, 0.15) is 10.0 Å². The molecule has 1 amide bonds. The number of amides is 1. The molecule has 1 aliphatic rings. The monoisotopic (exact) mass is 344 g/mol. The normalized spacial score (nSPS) is 18.5. The number of aryl methyl sites for hydroxylation is 1. The summed E-state index contributed by atoms with van der Waals surface area (Å²) in [6.07, 6.45) is 3.23. The second-order valence-corrected chi connectivity index (χ2v) is 7.35. The molecule has 0 radical (unpaired) electrons. The Balaban J connectivity index is 1.47. The van der Waals surface area contributed by atoms with Gasteiger partial charge in [-0.15, -0.1) is 10.2 Å². The zero-order valence-corrected chi connectivity index (χ0v) is 14.9. The van der Waals surface area contributed by atoms with Gasteiger partial charge in [-0.3, -0.25) is 9.69 Å². The van der Waals surface area contributed by atoms with Crippen molar-refractivity contribution in [3.63, 3.8) is 0 Å². The van der Waals surface area contributed by atoms with E-state index < -0.39 is 0 Å². The molecule has 1 atom stereocenters. The van der Waals surface area contributed by atoms with Crippen molar-refractivity contribution in [2.75, 3.05) is 19.6 Å². The zero-order chi connectivity index (χ0) is 16.8. The first kappa shape index (κ1) is 17.0. The molecule has 0 bridgehead atoms. The van der Waals surface area contributed by atoms with Crippen LogP contribution in [0.1, 0.15) is 41.3 Å². The summed E-state index contributed by atoms with van der Waals surface area (Å²) >= 11 is 1.57. The molecule has 1 aliphatic heterocycles. The Morgan fingerprint density at radius 3 is 2.83 bits per heavy atom. The van der Waals surface area contributed by atoms with Crippen molar-refractivity contribution in [3.05, 3.63) is 45.9 Å².